The maximum absolute atomic E-state index is 5.93. The van der Waals surface area contributed by atoms with Crippen LogP contribution >= 0.6 is 11.6 Å². The van der Waals surface area contributed by atoms with Gasteiger partial charge >= 0.3 is 0 Å². The largest absolute Gasteiger partial charge is 0.457 e. The van der Waals surface area contributed by atoms with Crippen LogP contribution in [0.3, 0.4) is 0 Å². The van der Waals surface area contributed by atoms with E-state index in [2.05, 4.69) is 10.3 Å². The van der Waals surface area contributed by atoms with E-state index in [9.17, 15) is 0 Å². The van der Waals surface area contributed by atoms with Crippen LogP contribution in [0, 0.1) is 0 Å². The van der Waals surface area contributed by atoms with Gasteiger partial charge in [-0.15, -0.1) is 0 Å². The second kappa shape index (κ2) is 6.96. The molecule has 0 saturated carbocycles. The molecule has 3 rings (SSSR count). The number of hydrogen-bond donors (Lipinski definition) is 1. The number of para-hydroxylation sites is 1. The summed E-state index contributed by atoms with van der Waals surface area (Å²) in [5, 5.41) is 3.98. The molecule has 0 aliphatic heterocycles. The van der Waals surface area contributed by atoms with E-state index in [4.69, 9.17) is 16.3 Å². The zero-order valence-corrected chi connectivity index (χ0v) is 12.6. The highest BCUT2D eigenvalue weighted by atomic mass is 35.5. The molecule has 0 atom stereocenters. The number of aromatic nitrogens is 1. The summed E-state index contributed by atoms with van der Waals surface area (Å²) in [6, 6.07) is 21.0. The number of nitrogens with zero attached hydrogens (tertiary/aromatic N) is 1. The zero-order valence-electron chi connectivity index (χ0n) is 11.9. The quantitative estimate of drug-likeness (QED) is 0.708. The third kappa shape index (κ3) is 3.77. The Morgan fingerprint density at radius 1 is 0.909 bits per heavy atom. The van der Waals surface area contributed by atoms with E-state index in [1.54, 1.807) is 6.20 Å². The molecule has 0 amide bonds. The fourth-order valence-electron chi connectivity index (χ4n) is 2.03. The van der Waals surface area contributed by atoms with Gasteiger partial charge in [-0.2, -0.15) is 0 Å². The first-order valence-electron chi connectivity index (χ1n) is 6.97. The zero-order chi connectivity index (χ0) is 15.2. The maximum Gasteiger partial charge on any atom is 0.132 e. The Bertz CT molecular complexity index is 730. The lowest BCUT2D eigenvalue weighted by molar-refractivity contribution is 0.477. The molecule has 22 heavy (non-hydrogen) atoms. The van der Waals surface area contributed by atoms with E-state index in [0.29, 0.717) is 11.6 Å². The van der Waals surface area contributed by atoms with Crippen LogP contribution in [0.5, 0.6) is 11.5 Å². The highest BCUT2D eigenvalue weighted by Crippen LogP contribution is 2.26. The molecule has 3 aromatic rings. The topological polar surface area (TPSA) is 34.1 Å². The highest BCUT2D eigenvalue weighted by Gasteiger charge is 2.05. The summed E-state index contributed by atoms with van der Waals surface area (Å²) >= 11 is 5.89. The monoisotopic (exact) mass is 310 g/mol. The van der Waals surface area contributed by atoms with Crippen molar-refractivity contribution in [2.75, 3.05) is 5.32 Å². The first-order chi connectivity index (χ1) is 10.8. The lowest BCUT2D eigenvalue weighted by Crippen LogP contribution is -2.02. The van der Waals surface area contributed by atoms with Crippen molar-refractivity contribution in [3.63, 3.8) is 0 Å². The summed E-state index contributed by atoms with van der Waals surface area (Å²) in [5.41, 5.74) is 1.06. The van der Waals surface area contributed by atoms with Crippen molar-refractivity contribution in [3.05, 3.63) is 83.5 Å². The molecule has 0 saturated heterocycles. The number of anilines is 1. The van der Waals surface area contributed by atoms with E-state index < -0.39 is 0 Å². The van der Waals surface area contributed by atoms with Crippen molar-refractivity contribution >= 4 is 17.4 Å². The summed E-state index contributed by atoms with van der Waals surface area (Å²) in [5.74, 6) is 2.41. The number of nitrogens with one attached hydrogen (secondary N) is 1. The lowest BCUT2D eigenvalue weighted by Gasteiger charge is -2.12. The lowest BCUT2D eigenvalue weighted by atomic mass is 10.2. The van der Waals surface area contributed by atoms with E-state index in [1.807, 2.05) is 66.7 Å². The van der Waals surface area contributed by atoms with Crippen molar-refractivity contribution in [1.82, 2.24) is 4.98 Å². The van der Waals surface area contributed by atoms with E-state index in [-0.39, 0.29) is 0 Å². The maximum atomic E-state index is 5.93. The molecule has 1 heterocycles. The summed E-state index contributed by atoms with van der Waals surface area (Å²) in [4.78, 5) is 4.25. The van der Waals surface area contributed by atoms with Crippen LogP contribution in [0.1, 0.15) is 5.56 Å². The number of benzene rings is 2. The molecule has 0 aliphatic carbocycles. The van der Waals surface area contributed by atoms with Gasteiger partial charge in [-0.1, -0.05) is 35.9 Å². The Morgan fingerprint density at radius 2 is 1.68 bits per heavy atom. The molecule has 0 unspecified atom stereocenters. The molecule has 3 nitrogen and oxygen atoms in total. The van der Waals surface area contributed by atoms with Crippen molar-refractivity contribution in [1.29, 1.82) is 0 Å². The van der Waals surface area contributed by atoms with Gasteiger partial charge in [0.15, 0.2) is 0 Å². The minimum Gasteiger partial charge on any atom is -0.457 e. The van der Waals surface area contributed by atoms with Crippen molar-refractivity contribution < 1.29 is 4.74 Å². The molecule has 0 radical (unpaired) electrons. The minimum atomic E-state index is 0.640. The fraction of sp³-hybridized carbons (Fsp3) is 0.0556. The Kier molecular flexibility index (Phi) is 4.56. The van der Waals surface area contributed by atoms with Crippen LogP contribution in [0.4, 0.5) is 5.82 Å². The molecule has 2 aromatic carbocycles. The van der Waals surface area contributed by atoms with Gasteiger partial charge in [0.05, 0.1) is 0 Å². The number of halogens is 1. The van der Waals surface area contributed by atoms with Crippen LogP contribution in [0.2, 0.25) is 5.02 Å². The number of ether oxygens (including phenoxy) is 1. The van der Waals surface area contributed by atoms with E-state index in [1.165, 1.54) is 0 Å². The van der Waals surface area contributed by atoms with Gasteiger partial charge in [0.2, 0.25) is 0 Å². The van der Waals surface area contributed by atoms with Crippen molar-refractivity contribution in [3.8, 4) is 11.5 Å². The third-order valence-corrected chi connectivity index (χ3v) is 3.39. The second-order valence-electron chi connectivity index (χ2n) is 4.73. The standard InChI is InChI=1S/C18H15ClN2O/c19-15-8-10-16(11-9-15)22-17-6-2-1-5-14(17)13-21-18-7-3-4-12-20-18/h1-12H,13H2,(H,20,21). The van der Waals surface area contributed by atoms with Gasteiger partial charge < -0.3 is 10.1 Å². The van der Waals surface area contributed by atoms with Crippen LogP contribution in [0.25, 0.3) is 0 Å². The average molecular weight is 311 g/mol. The summed E-state index contributed by atoms with van der Waals surface area (Å²) in [7, 11) is 0. The van der Waals surface area contributed by atoms with Crippen LogP contribution in [0.15, 0.2) is 72.9 Å². The van der Waals surface area contributed by atoms with E-state index in [0.717, 1.165) is 22.9 Å². The fourth-order valence-corrected chi connectivity index (χ4v) is 2.16. The third-order valence-electron chi connectivity index (χ3n) is 3.14. The molecular formula is C18H15ClN2O. The molecular weight excluding hydrogens is 296 g/mol. The molecule has 0 bridgehead atoms. The Hall–Kier alpha value is -2.52. The average Bonchev–Trinajstić information content (AvgIpc) is 2.57. The first-order valence-corrected chi connectivity index (χ1v) is 7.35. The molecule has 1 aromatic heterocycles. The molecule has 0 spiro atoms. The summed E-state index contributed by atoms with van der Waals surface area (Å²) < 4.78 is 5.93. The normalized spacial score (nSPS) is 10.2. The van der Waals surface area contributed by atoms with Gasteiger partial charge in [-0.05, 0) is 42.5 Å². The summed E-state index contributed by atoms with van der Waals surface area (Å²) in [6.45, 7) is 0.640. The second-order valence-corrected chi connectivity index (χ2v) is 5.17. The Morgan fingerprint density at radius 3 is 2.45 bits per heavy atom. The van der Waals surface area contributed by atoms with Gasteiger partial charge in [0, 0.05) is 23.3 Å². The van der Waals surface area contributed by atoms with Gasteiger partial charge in [-0.3, -0.25) is 0 Å². The molecule has 0 aliphatic rings. The van der Waals surface area contributed by atoms with Gasteiger partial charge in [0.25, 0.3) is 0 Å². The Balaban J connectivity index is 1.73. The van der Waals surface area contributed by atoms with Crippen LogP contribution in [-0.2, 0) is 6.54 Å². The minimum absolute atomic E-state index is 0.640. The number of rotatable bonds is 5. The molecule has 4 heteroatoms. The van der Waals surface area contributed by atoms with Crippen LogP contribution in [-0.4, -0.2) is 4.98 Å². The number of hydrogen-bond acceptors (Lipinski definition) is 3. The van der Waals surface area contributed by atoms with E-state index >= 15 is 0 Å². The summed E-state index contributed by atoms with van der Waals surface area (Å²) in [6.07, 6.45) is 1.76. The van der Waals surface area contributed by atoms with Crippen molar-refractivity contribution in [2.45, 2.75) is 6.54 Å². The van der Waals surface area contributed by atoms with Crippen molar-refractivity contribution in [2.24, 2.45) is 0 Å². The molecule has 110 valence electrons. The molecule has 0 fully saturated rings. The number of pyridine rings is 1. The van der Waals surface area contributed by atoms with Gasteiger partial charge in [0.1, 0.15) is 17.3 Å². The SMILES string of the molecule is Clc1ccc(Oc2ccccc2CNc2ccccn2)cc1. The van der Waals surface area contributed by atoms with Gasteiger partial charge in [-0.25, -0.2) is 4.98 Å². The Labute approximate surface area is 134 Å². The predicted octanol–water partition coefficient (Wildman–Crippen LogP) is 5.14. The predicted molar refractivity (Wildman–Crippen MR) is 89.5 cm³/mol. The highest BCUT2D eigenvalue weighted by molar-refractivity contribution is 6.30. The van der Waals surface area contributed by atoms with Crippen LogP contribution < -0.4 is 10.1 Å². The smallest absolute Gasteiger partial charge is 0.132 e. The first kappa shape index (κ1) is 14.4. The molecule has 1 N–H and O–H groups in total.